The molecule has 11 heteroatoms. The first kappa shape index (κ1) is 24.7. The van der Waals surface area contributed by atoms with Crippen LogP contribution in [0.4, 0.5) is 4.79 Å². The number of piperidine rings is 1. The van der Waals surface area contributed by atoms with Gasteiger partial charge < -0.3 is 23.4 Å². The minimum absolute atomic E-state index is 0.0263. The molecule has 0 radical (unpaired) electrons. The van der Waals surface area contributed by atoms with Gasteiger partial charge in [0.2, 0.25) is 0 Å². The van der Waals surface area contributed by atoms with E-state index in [-0.39, 0.29) is 18.8 Å². The van der Waals surface area contributed by atoms with Crippen LogP contribution < -0.4 is 0 Å². The van der Waals surface area contributed by atoms with E-state index in [1.54, 1.807) is 15.8 Å². The van der Waals surface area contributed by atoms with Gasteiger partial charge in [-0.25, -0.2) is 4.79 Å². The molecule has 0 atom stereocenters. The number of benzene rings is 1. The van der Waals surface area contributed by atoms with Crippen molar-refractivity contribution in [3.63, 3.8) is 0 Å². The molecule has 3 aromatic heterocycles. The molecule has 1 fully saturated rings. The van der Waals surface area contributed by atoms with Crippen LogP contribution in [0.25, 0.3) is 34.0 Å². The van der Waals surface area contributed by atoms with Gasteiger partial charge in [0, 0.05) is 49.1 Å². The lowest BCUT2D eigenvalue weighted by Gasteiger charge is -2.33. The van der Waals surface area contributed by atoms with E-state index in [1.165, 1.54) is 0 Å². The zero-order valence-corrected chi connectivity index (χ0v) is 21.4. The lowest BCUT2D eigenvalue weighted by molar-refractivity contribution is -0.0190. The number of carbonyl (C=O) groups is 1. The minimum Gasteiger partial charge on any atom is -0.444 e. The SMILES string of the molecule is Cn1cc(-c2cc(-c3ccc(-c4nc(COC5CCN(C(=O)OC(C)(C)C)CC5)no4)cc3)on2)cn1. The van der Waals surface area contributed by atoms with E-state index >= 15 is 0 Å². The Balaban J connectivity index is 1.13. The number of hydrogen-bond donors (Lipinski definition) is 0. The normalized spacial score (nSPS) is 14.8. The predicted molar refractivity (Wildman–Crippen MR) is 133 cm³/mol. The Kier molecular flexibility index (Phi) is 6.79. The Morgan fingerprint density at radius 1 is 1.05 bits per heavy atom. The Hall–Kier alpha value is -3.99. The molecule has 37 heavy (non-hydrogen) atoms. The van der Waals surface area contributed by atoms with Gasteiger partial charge in [-0.05, 0) is 45.7 Å². The van der Waals surface area contributed by atoms with Gasteiger partial charge >= 0.3 is 6.09 Å². The number of nitrogens with zero attached hydrogens (tertiary/aromatic N) is 6. The molecule has 194 valence electrons. The van der Waals surface area contributed by atoms with Crippen LogP contribution in [0.1, 0.15) is 39.4 Å². The minimum atomic E-state index is -0.499. The molecule has 1 amide bonds. The zero-order chi connectivity index (χ0) is 26.0. The quantitative estimate of drug-likeness (QED) is 0.366. The number of rotatable bonds is 6. The van der Waals surface area contributed by atoms with Crippen molar-refractivity contribution in [2.24, 2.45) is 7.05 Å². The second-order valence-electron chi connectivity index (χ2n) is 10.0. The Morgan fingerprint density at radius 3 is 2.46 bits per heavy atom. The van der Waals surface area contributed by atoms with Crippen LogP contribution in [0.5, 0.6) is 0 Å². The van der Waals surface area contributed by atoms with E-state index in [4.69, 9.17) is 18.5 Å². The first-order valence-corrected chi connectivity index (χ1v) is 12.2. The fourth-order valence-electron chi connectivity index (χ4n) is 4.03. The van der Waals surface area contributed by atoms with Gasteiger partial charge in [0.15, 0.2) is 11.6 Å². The van der Waals surface area contributed by atoms with Gasteiger partial charge in [-0.15, -0.1) is 0 Å². The Bertz CT molecular complexity index is 1340. The average Bonchev–Trinajstić information content (AvgIpc) is 3.63. The largest absolute Gasteiger partial charge is 0.444 e. The van der Waals surface area contributed by atoms with E-state index < -0.39 is 5.60 Å². The van der Waals surface area contributed by atoms with E-state index in [9.17, 15) is 4.79 Å². The number of aryl methyl sites for hydroxylation is 1. The number of aromatic nitrogens is 5. The molecular formula is C26H30N6O5. The highest BCUT2D eigenvalue weighted by Gasteiger charge is 2.27. The maximum atomic E-state index is 12.2. The van der Waals surface area contributed by atoms with Crippen molar-refractivity contribution in [3.05, 3.63) is 48.5 Å². The summed E-state index contributed by atoms with van der Waals surface area (Å²) >= 11 is 0. The number of carbonyl (C=O) groups excluding carboxylic acids is 1. The smallest absolute Gasteiger partial charge is 0.410 e. The van der Waals surface area contributed by atoms with Crippen molar-refractivity contribution in [2.45, 2.75) is 51.9 Å². The lowest BCUT2D eigenvalue weighted by Crippen LogP contribution is -2.43. The van der Waals surface area contributed by atoms with E-state index in [0.29, 0.717) is 30.6 Å². The monoisotopic (exact) mass is 506 g/mol. The highest BCUT2D eigenvalue weighted by atomic mass is 16.6. The van der Waals surface area contributed by atoms with Crippen molar-refractivity contribution >= 4 is 6.09 Å². The molecule has 5 rings (SSSR count). The van der Waals surface area contributed by atoms with Crippen molar-refractivity contribution in [2.75, 3.05) is 13.1 Å². The molecule has 0 bridgehead atoms. The lowest BCUT2D eigenvalue weighted by atomic mass is 10.1. The van der Waals surface area contributed by atoms with E-state index in [2.05, 4.69) is 20.4 Å². The molecule has 1 aromatic carbocycles. The summed E-state index contributed by atoms with van der Waals surface area (Å²) in [4.78, 5) is 18.4. The second kappa shape index (κ2) is 10.2. The summed E-state index contributed by atoms with van der Waals surface area (Å²) < 4.78 is 24.1. The molecule has 4 heterocycles. The third-order valence-electron chi connectivity index (χ3n) is 5.94. The zero-order valence-electron chi connectivity index (χ0n) is 21.4. The van der Waals surface area contributed by atoms with Crippen LogP contribution in [0.2, 0.25) is 0 Å². The first-order valence-electron chi connectivity index (χ1n) is 12.2. The van der Waals surface area contributed by atoms with Gasteiger partial charge in [0.05, 0.1) is 12.3 Å². The van der Waals surface area contributed by atoms with Crippen LogP contribution in [0.3, 0.4) is 0 Å². The molecule has 0 saturated carbocycles. The molecule has 0 spiro atoms. The summed E-state index contributed by atoms with van der Waals surface area (Å²) in [6.45, 7) is 7.03. The van der Waals surface area contributed by atoms with Gasteiger partial charge in [0.25, 0.3) is 5.89 Å². The Labute approximate surface area is 214 Å². The molecule has 0 N–H and O–H groups in total. The maximum Gasteiger partial charge on any atom is 0.410 e. The average molecular weight is 507 g/mol. The Morgan fingerprint density at radius 2 is 1.78 bits per heavy atom. The summed E-state index contributed by atoms with van der Waals surface area (Å²) in [7, 11) is 1.86. The van der Waals surface area contributed by atoms with Gasteiger partial charge in [-0.1, -0.05) is 22.4 Å². The van der Waals surface area contributed by atoms with Crippen molar-refractivity contribution in [3.8, 4) is 34.0 Å². The molecule has 1 saturated heterocycles. The molecule has 1 aliphatic rings. The predicted octanol–water partition coefficient (Wildman–Crippen LogP) is 4.71. The molecular weight excluding hydrogens is 476 g/mol. The van der Waals surface area contributed by atoms with Crippen LogP contribution in [-0.4, -0.2) is 60.9 Å². The van der Waals surface area contributed by atoms with Crippen molar-refractivity contribution in [1.82, 2.24) is 30.0 Å². The molecule has 1 aliphatic heterocycles. The summed E-state index contributed by atoms with van der Waals surface area (Å²) in [5.74, 6) is 1.55. The third-order valence-corrected chi connectivity index (χ3v) is 5.94. The maximum absolute atomic E-state index is 12.2. The topological polar surface area (TPSA) is 122 Å². The van der Waals surface area contributed by atoms with Gasteiger partial charge in [-0.3, -0.25) is 4.68 Å². The first-order chi connectivity index (χ1) is 17.7. The second-order valence-corrected chi connectivity index (χ2v) is 10.0. The van der Waals surface area contributed by atoms with Crippen LogP contribution in [-0.2, 0) is 23.1 Å². The summed E-state index contributed by atoms with van der Waals surface area (Å²) in [6.07, 6.45) is 4.84. The molecule has 0 aliphatic carbocycles. The number of likely N-dealkylation sites (tertiary alicyclic amines) is 1. The van der Waals surface area contributed by atoms with Crippen molar-refractivity contribution < 1.29 is 23.3 Å². The summed E-state index contributed by atoms with van der Waals surface area (Å²) in [5, 5.41) is 12.4. The fraction of sp³-hybridized carbons (Fsp3) is 0.423. The highest BCUT2D eigenvalue weighted by molar-refractivity contribution is 5.69. The number of hydrogen-bond acceptors (Lipinski definition) is 9. The summed E-state index contributed by atoms with van der Waals surface area (Å²) in [6, 6.07) is 9.51. The van der Waals surface area contributed by atoms with Gasteiger partial charge in [-0.2, -0.15) is 10.1 Å². The number of amides is 1. The highest BCUT2D eigenvalue weighted by Crippen LogP contribution is 2.28. The third kappa shape index (κ3) is 6.05. The van der Waals surface area contributed by atoms with E-state index in [1.807, 2.05) is 64.3 Å². The molecule has 11 nitrogen and oxygen atoms in total. The fourth-order valence-corrected chi connectivity index (χ4v) is 4.03. The summed E-state index contributed by atoms with van der Waals surface area (Å²) in [5.41, 5.74) is 2.79. The molecule has 4 aromatic rings. The van der Waals surface area contributed by atoms with Crippen LogP contribution >= 0.6 is 0 Å². The standard InChI is InChI=1S/C26H30N6O5/c1-26(2,3)35-25(33)32-11-9-20(10-12-32)34-16-23-28-24(37-30-23)18-7-5-17(6-8-18)22-13-21(29-36-22)19-14-27-31(4)15-19/h5-8,13-15,20H,9-12,16H2,1-4H3. The van der Waals surface area contributed by atoms with Crippen LogP contribution in [0, 0.1) is 0 Å². The van der Waals surface area contributed by atoms with Crippen molar-refractivity contribution in [1.29, 1.82) is 0 Å². The molecule has 0 unspecified atom stereocenters. The van der Waals surface area contributed by atoms with Crippen LogP contribution in [0.15, 0.2) is 51.8 Å². The van der Waals surface area contributed by atoms with Gasteiger partial charge in [0.1, 0.15) is 17.9 Å². The number of ether oxygens (including phenoxy) is 2. The van der Waals surface area contributed by atoms with E-state index in [0.717, 1.165) is 35.2 Å².